The van der Waals surface area contributed by atoms with E-state index in [2.05, 4.69) is 6.58 Å². The zero-order valence-electron chi connectivity index (χ0n) is 11.4. The molecule has 0 saturated carbocycles. The van der Waals surface area contributed by atoms with Crippen molar-refractivity contribution in [3.8, 4) is 0 Å². The molecule has 0 N–H and O–H groups in total. The number of benzene rings is 1. The second kappa shape index (κ2) is 6.89. The third-order valence-electron chi connectivity index (χ3n) is 3.56. The molecule has 106 valence electrons. The molecule has 0 radical (unpaired) electrons. The maximum Gasteiger partial charge on any atom is 0.410 e. The van der Waals surface area contributed by atoms with Crippen LogP contribution in [0.4, 0.5) is 4.79 Å². The first-order valence-corrected chi connectivity index (χ1v) is 6.81. The quantitative estimate of drug-likeness (QED) is 0.612. The molecule has 1 heterocycles. The van der Waals surface area contributed by atoms with Crippen LogP contribution in [0.3, 0.4) is 0 Å². The van der Waals surface area contributed by atoms with Crippen molar-refractivity contribution in [1.82, 2.24) is 4.90 Å². The average molecular weight is 273 g/mol. The van der Waals surface area contributed by atoms with E-state index in [1.54, 1.807) is 11.0 Å². The highest BCUT2D eigenvalue weighted by Gasteiger charge is 2.36. The Kier molecular flexibility index (Phi) is 4.93. The van der Waals surface area contributed by atoms with Crippen LogP contribution in [0.15, 0.2) is 43.0 Å². The number of hydrogen-bond donors (Lipinski definition) is 0. The lowest BCUT2D eigenvalue weighted by molar-refractivity contribution is -0.111. The molecule has 1 fully saturated rings. The van der Waals surface area contributed by atoms with Crippen molar-refractivity contribution < 1.29 is 14.3 Å². The topological polar surface area (TPSA) is 46.6 Å². The molecule has 4 nitrogen and oxygen atoms in total. The van der Waals surface area contributed by atoms with E-state index in [9.17, 15) is 9.59 Å². The smallest absolute Gasteiger partial charge is 0.410 e. The fourth-order valence-corrected chi connectivity index (χ4v) is 2.55. The summed E-state index contributed by atoms with van der Waals surface area (Å²) < 4.78 is 5.31. The Morgan fingerprint density at radius 3 is 2.75 bits per heavy atom. The largest absolute Gasteiger partial charge is 0.445 e. The van der Waals surface area contributed by atoms with Crippen molar-refractivity contribution in [3.05, 3.63) is 48.6 Å². The first-order valence-electron chi connectivity index (χ1n) is 6.81. The Morgan fingerprint density at radius 2 is 2.10 bits per heavy atom. The summed E-state index contributed by atoms with van der Waals surface area (Å²) in [7, 11) is 0. The van der Waals surface area contributed by atoms with Crippen LogP contribution in [0.1, 0.15) is 24.8 Å². The second-order valence-corrected chi connectivity index (χ2v) is 4.91. The number of ether oxygens (including phenoxy) is 1. The van der Waals surface area contributed by atoms with Gasteiger partial charge in [0.2, 0.25) is 0 Å². The molecule has 1 aliphatic heterocycles. The highest BCUT2D eigenvalue weighted by molar-refractivity contribution is 5.74. The van der Waals surface area contributed by atoms with E-state index in [-0.39, 0.29) is 18.7 Å². The van der Waals surface area contributed by atoms with Crippen LogP contribution >= 0.6 is 0 Å². The third kappa shape index (κ3) is 3.26. The number of likely N-dealkylation sites (tertiary alicyclic amines) is 1. The van der Waals surface area contributed by atoms with Gasteiger partial charge in [-0.3, -0.25) is 4.90 Å². The zero-order chi connectivity index (χ0) is 14.4. The Hall–Kier alpha value is -2.10. The van der Waals surface area contributed by atoms with Crippen molar-refractivity contribution in [2.75, 3.05) is 0 Å². The van der Waals surface area contributed by atoms with Gasteiger partial charge in [0.1, 0.15) is 12.9 Å². The average Bonchev–Trinajstić information content (AvgIpc) is 2.89. The number of carbonyl (C=O) groups excluding carboxylic acids is 2. The molecular weight excluding hydrogens is 254 g/mol. The van der Waals surface area contributed by atoms with Gasteiger partial charge >= 0.3 is 6.09 Å². The molecule has 1 amide bonds. The number of aldehydes is 1. The molecule has 0 aromatic heterocycles. The zero-order valence-corrected chi connectivity index (χ0v) is 11.4. The summed E-state index contributed by atoms with van der Waals surface area (Å²) in [6, 6.07) is 9.15. The Bertz CT molecular complexity index is 472. The van der Waals surface area contributed by atoms with Gasteiger partial charge in [0.15, 0.2) is 0 Å². The molecule has 4 heteroatoms. The van der Waals surface area contributed by atoms with Gasteiger partial charge in [0.25, 0.3) is 0 Å². The predicted octanol–water partition coefficient (Wildman–Crippen LogP) is 2.93. The van der Waals surface area contributed by atoms with Gasteiger partial charge in [-0.25, -0.2) is 4.79 Å². The first-order chi connectivity index (χ1) is 9.76. The highest BCUT2D eigenvalue weighted by Crippen LogP contribution is 2.26. The third-order valence-corrected chi connectivity index (χ3v) is 3.56. The maximum absolute atomic E-state index is 12.2. The van der Waals surface area contributed by atoms with E-state index in [1.165, 1.54) is 0 Å². The normalized spacial score (nSPS) is 21.5. The summed E-state index contributed by atoms with van der Waals surface area (Å²) in [6.45, 7) is 3.92. The highest BCUT2D eigenvalue weighted by atomic mass is 16.6. The summed E-state index contributed by atoms with van der Waals surface area (Å²) in [5, 5.41) is 0. The van der Waals surface area contributed by atoms with Gasteiger partial charge in [-0.1, -0.05) is 36.4 Å². The van der Waals surface area contributed by atoms with Crippen molar-refractivity contribution >= 4 is 12.4 Å². The molecule has 1 aliphatic rings. The molecule has 1 aromatic rings. The number of amides is 1. The summed E-state index contributed by atoms with van der Waals surface area (Å²) >= 11 is 0. The predicted molar refractivity (Wildman–Crippen MR) is 76.2 cm³/mol. The second-order valence-electron chi connectivity index (χ2n) is 4.91. The molecule has 0 bridgehead atoms. The Balaban J connectivity index is 1.98. The van der Waals surface area contributed by atoms with Gasteiger partial charge < -0.3 is 9.53 Å². The lowest BCUT2D eigenvalue weighted by Crippen LogP contribution is -2.42. The molecule has 1 saturated heterocycles. The summed E-state index contributed by atoms with van der Waals surface area (Å²) in [5.41, 5.74) is 0.933. The maximum atomic E-state index is 12.2. The van der Waals surface area contributed by atoms with Crippen molar-refractivity contribution in [3.63, 3.8) is 0 Å². The van der Waals surface area contributed by atoms with Crippen LogP contribution in [0.2, 0.25) is 0 Å². The number of nitrogens with zero attached hydrogens (tertiary/aromatic N) is 1. The first kappa shape index (κ1) is 14.3. The van der Waals surface area contributed by atoms with E-state index in [4.69, 9.17) is 4.74 Å². The van der Waals surface area contributed by atoms with E-state index >= 15 is 0 Å². The monoisotopic (exact) mass is 273 g/mol. The molecule has 0 unspecified atom stereocenters. The van der Waals surface area contributed by atoms with Gasteiger partial charge in [0, 0.05) is 6.04 Å². The molecular formula is C16H19NO3. The van der Waals surface area contributed by atoms with Crippen LogP contribution < -0.4 is 0 Å². The lowest BCUT2D eigenvalue weighted by atomic mass is 10.1. The Labute approximate surface area is 119 Å². The number of hydrogen-bond acceptors (Lipinski definition) is 3. The van der Waals surface area contributed by atoms with Crippen molar-refractivity contribution in [1.29, 1.82) is 0 Å². The van der Waals surface area contributed by atoms with Crippen molar-refractivity contribution in [2.24, 2.45) is 0 Å². The van der Waals surface area contributed by atoms with Gasteiger partial charge in [-0.05, 0) is 24.8 Å². The summed E-state index contributed by atoms with van der Waals surface area (Å²) in [4.78, 5) is 24.8. The van der Waals surface area contributed by atoms with Crippen LogP contribution in [-0.4, -0.2) is 29.4 Å². The van der Waals surface area contributed by atoms with Crippen LogP contribution in [0.25, 0.3) is 0 Å². The SMILES string of the molecule is C=CC[C@H]1CC[C@@H](C=O)N1C(=O)OCc1ccccc1. The molecule has 2 atom stereocenters. The van der Waals surface area contributed by atoms with Gasteiger partial charge in [0.05, 0.1) is 6.04 Å². The standard InChI is InChI=1S/C16H19NO3/c1-2-6-14-9-10-15(11-18)17(14)16(19)20-12-13-7-4-3-5-8-13/h2-5,7-8,11,14-15H,1,6,9-10,12H2/t14-,15-/m0/s1. The lowest BCUT2D eigenvalue weighted by Gasteiger charge is -2.26. The van der Waals surface area contributed by atoms with E-state index in [0.29, 0.717) is 12.8 Å². The number of carbonyl (C=O) groups is 2. The summed E-state index contributed by atoms with van der Waals surface area (Å²) in [5.74, 6) is 0. The minimum absolute atomic E-state index is 0.0194. The van der Waals surface area contributed by atoms with Crippen LogP contribution in [0, 0.1) is 0 Å². The minimum Gasteiger partial charge on any atom is -0.445 e. The van der Waals surface area contributed by atoms with E-state index in [1.807, 2.05) is 30.3 Å². The fourth-order valence-electron chi connectivity index (χ4n) is 2.55. The Morgan fingerprint density at radius 1 is 1.35 bits per heavy atom. The van der Waals surface area contributed by atoms with E-state index < -0.39 is 6.09 Å². The number of rotatable bonds is 5. The van der Waals surface area contributed by atoms with Crippen LogP contribution in [-0.2, 0) is 16.1 Å². The minimum atomic E-state index is -0.421. The molecule has 0 spiro atoms. The van der Waals surface area contributed by atoms with Gasteiger partial charge in [-0.15, -0.1) is 6.58 Å². The van der Waals surface area contributed by atoms with Gasteiger partial charge in [-0.2, -0.15) is 0 Å². The fraction of sp³-hybridized carbons (Fsp3) is 0.375. The molecule has 0 aliphatic carbocycles. The summed E-state index contributed by atoms with van der Waals surface area (Å²) in [6.07, 6.45) is 4.38. The molecule has 2 rings (SSSR count). The molecule has 20 heavy (non-hydrogen) atoms. The van der Waals surface area contributed by atoms with Crippen LogP contribution in [0.5, 0.6) is 0 Å². The molecule has 1 aromatic carbocycles. The van der Waals surface area contributed by atoms with E-state index in [0.717, 1.165) is 18.3 Å². The van der Waals surface area contributed by atoms with Crippen molar-refractivity contribution in [2.45, 2.75) is 38.0 Å².